The van der Waals surface area contributed by atoms with Gasteiger partial charge in [0.25, 0.3) is 3.79 Å². The van der Waals surface area contributed by atoms with E-state index in [2.05, 4.69) is 0 Å². The van der Waals surface area contributed by atoms with Crippen molar-refractivity contribution in [3.8, 4) is 0 Å². The minimum atomic E-state index is -1.90. The summed E-state index contributed by atoms with van der Waals surface area (Å²) in [4.78, 5) is 25.2. The zero-order chi connectivity index (χ0) is 21.5. The van der Waals surface area contributed by atoms with Crippen molar-refractivity contribution in [1.29, 1.82) is 0 Å². The first-order valence-corrected chi connectivity index (χ1v) is 9.91. The van der Waals surface area contributed by atoms with Crippen LogP contribution in [-0.4, -0.2) is 40.9 Å². The molecule has 3 nitrogen and oxygen atoms in total. The molecule has 0 aliphatic rings. The van der Waals surface area contributed by atoms with Crippen molar-refractivity contribution in [2.75, 3.05) is 20.6 Å². The predicted octanol–water partition coefficient (Wildman–Crippen LogP) is 5.97. The number of hydrogen-bond donors (Lipinski definition) is 0. The maximum atomic E-state index is 11.9. The molecule has 0 fully saturated rings. The van der Waals surface area contributed by atoms with Crippen molar-refractivity contribution in [2.45, 2.75) is 30.0 Å². The Labute approximate surface area is 182 Å². The normalized spacial score (nSPS) is 11.6. The highest BCUT2D eigenvalue weighted by atomic mass is 35.6. The lowest BCUT2D eigenvalue weighted by atomic mass is 9.83. The molecular formula is C22H26Cl3NO2. The molecule has 0 aromatic heterocycles. The van der Waals surface area contributed by atoms with Crippen molar-refractivity contribution in [2.24, 2.45) is 0 Å². The van der Waals surface area contributed by atoms with E-state index in [1.165, 1.54) is 0 Å². The lowest BCUT2D eigenvalue weighted by Gasteiger charge is -2.23. The lowest BCUT2D eigenvalue weighted by molar-refractivity contribution is 0.0956. The van der Waals surface area contributed by atoms with Gasteiger partial charge in [0.05, 0.1) is 6.54 Å². The molecule has 0 atom stereocenters. The molecule has 0 amide bonds. The molecule has 0 bridgehead atoms. The summed E-state index contributed by atoms with van der Waals surface area (Å²) in [6.07, 6.45) is 0. The topological polar surface area (TPSA) is 37.4 Å². The number of ketones is 2. The SMILES string of the molecule is CC(C)(C)c1ccccc1C(=O)C(Cl)(Cl)Cl.CN(C)CC(=O)c1ccccc1. The lowest BCUT2D eigenvalue weighted by Crippen LogP contribution is -2.24. The quantitative estimate of drug-likeness (QED) is 0.432. The van der Waals surface area contributed by atoms with Crippen LogP contribution in [0.5, 0.6) is 0 Å². The van der Waals surface area contributed by atoms with Gasteiger partial charge in [0, 0.05) is 11.1 Å². The molecule has 2 rings (SSSR count). The smallest absolute Gasteiger partial charge is 0.253 e. The van der Waals surface area contributed by atoms with E-state index in [0.29, 0.717) is 12.1 Å². The molecule has 0 heterocycles. The van der Waals surface area contributed by atoms with E-state index in [1.807, 2.05) is 82.2 Å². The highest BCUT2D eigenvalue weighted by Crippen LogP contribution is 2.34. The van der Waals surface area contributed by atoms with Gasteiger partial charge in [-0.15, -0.1) is 0 Å². The average molecular weight is 443 g/mol. The Morgan fingerprint density at radius 2 is 1.36 bits per heavy atom. The number of alkyl halides is 3. The minimum absolute atomic E-state index is 0.165. The van der Waals surface area contributed by atoms with Gasteiger partial charge < -0.3 is 4.90 Å². The van der Waals surface area contributed by atoms with Crippen LogP contribution in [0.3, 0.4) is 0 Å². The van der Waals surface area contributed by atoms with Crippen molar-refractivity contribution in [1.82, 2.24) is 4.90 Å². The van der Waals surface area contributed by atoms with E-state index < -0.39 is 9.58 Å². The maximum absolute atomic E-state index is 11.9. The summed E-state index contributed by atoms with van der Waals surface area (Å²) in [5.74, 6) is -0.316. The first kappa shape index (κ1) is 24.6. The van der Waals surface area contributed by atoms with Crippen LogP contribution in [0.1, 0.15) is 47.1 Å². The zero-order valence-electron chi connectivity index (χ0n) is 16.8. The van der Waals surface area contributed by atoms with Crippen LogP contribution in [0, 0.1) is 0 Å². The number of Topliss-reactive ketones (excluding diaryl/α,β-unsaturated/α-hetero) is 2. The molecule has 6 heteroatoms. The Bertz CT molecular complexity index is 791. The second-order valence-electron chi connectivity index (χ2n) is 7.65. The zero-order valence-corrected chi connectivity index (χ0v) is 19.1. The summed E-state index contributed by atoms with van der Waals surface area (Å²) < 4.78 is -1.90. The molecule has 0 N–H and O–H groups in total. The summed E-state index contributed by atoms with van der Waals surface area (Å²) in [7, 11) is 3.78. The Kier molecular flexibility index (Phi) is 9.16. The fraction of sp³-hybridized carbons (Fsp3) is 0.364. The molecule has 0 aliphatic carbocycles. The second-order valence-corrected chi connectivity index (χ2v) is 9.93. The van der Waals surface area contributed by atoms with Crippen molar-refractivity contribution in [3.63, 3.8) is 0 Å². The molecule has 152 valence electrons. The van der Waals surface area contributed by atoms with Crippen LogP contribution in [0.15, 0.2) is 54.6 Å². The summed E-state index contributed by atoms with van der Waals surface area (Å²) in [5.41, 5.74) is 1.97. The fourth-order valence-electron chi connectivity index (χ4n) is 2.49. The van der Waals surface area contributed by atoms with Crippen LogP contribution >= 0.6 is 34.8 Å². The van der Waals surface area contributed by atoms with Crippen molar-refractivity contribution < 1.29 is 9.59 Å². The van der Waals surface area contributed by atoms with Crippen molar-refractivity contribution >= 4 is 46.4 Å². The fourth-order valence-corrected chi connectivity index (χ4v) is 2.80. The number of benzene rings is 2. The summed E-state index contributed by atoms with van der Waals surface area (Å²) in [5, 5.41) is 0. The van der Waals surface area contributed by atoms with E-state index in [9.17, 15) is 9.59 Å². The average Bonchev–Trinajstić information content (AvgIpc) is 2.60. The molecule has 0 unspecified atom stereocenters. The Hall–Kier alpha value is -1.39. The summed E-state index contributed by atoms with van der Waals surface area (Å²) in [6, 6.07) is 16.5. The monoisotopic (exact) mass is 441 g/mol. The molecule has 0 spiro atoms. The molecule has 0 saturated heterocycles. The van der Waals surface area contributed by atoms with Crippen LogP contribution in [0.4, 0.5) is 0 Å². The number of hydrogen-bond acceptors (Lipinski definition) is 3. The standard InChI is InChI=1S/C12H13Cl3O.C10H13NO/c1-11(2,3)9-7-5-4-6-8(9)10(16)12(13,14)15;1-11(2)8-10(12)9-6-4-3-5-7-9/h4-7H,1-3H3;3-7H,8H2,1-2H3. The van der Waals surface area contributed by atoms with Gasteiger partial charge in [-0.05, 0) is 25.1 Å². The van der Waals surface area contributed by atoms with Gasteiger partial charge >= 0.3 is 0 Å². The van der Waals surface area contributed by atoms with Crippen molar-refractivity contribution in [3.05, 3.63) is 71.3 Å². The Balaban J connectivity index is 0.000000292. The third kappa shape index (κ3) is 7.92. The van der Waals surface area contributed by atoms with Gasteiger partial charge in [0.15, 0.2) is 5.78 Å². The molecule has 0 radical (unpaired) electrons. The molecule has 0 aliphatic heterocycles. The largest absolute Gasteiger partial charge is 0.302 e. The van der Waals surface area contributed by atoms with Gasteiger partial charge in [-0.25, -0.2) is 0 Å². The highest BCUT2D eigenvalue weighted by molar-refractivity contribution is 6.77. The van der Waals surface area contributed by atoms with Gasteiger partial charge in [-0.1, -0.05) is 110 Å². The van der Waals surface area contributed by atoms with E-state index >= 15 is 0 Å². The van der Waals surface area contributed by atoms with Gasteiger partial charge in [0.2, 0.25) is 5.78 Å². The Morgan fingerprint density at radius 3 is 1.82 bits per heavy atom. The van der Waals surface area contributed by atoms with Gasteiger partial charge in [-0.2, -0.15) is 0 Å². The predicted molar refractivity (Wildman–Crippen MR) is 119 cm³/mol. The maximum Gasteiger partial charge on any atom is 0.253 e. The van der Waals surface area contributed by atoms with Gasteiger partial charge in [0.1, 0.15) is 0 Å². The molecule has 28 heavy (non-hydrogen) atoms. The molecular weight excluding hydrogens is 417 g/mol. The molecule has 0 saturated carbocycles. The first-order chi connectivity index (χ1) is 12.8. The number of halogens is 3. The first-order valence-electron chi connectivity index (χ1n) is 8.78. The number of rotatable bonds is 4. The number of carbonyl (C=O) groups excluding carboxylic acids is 2. The van der Waals surface area contributed by atoms with Gasteiger partial charge in [-0.3, -0.25) is 9.59 Å². The summed E-state index contributed by atoms with van der Waals surface area (Å²) in [6.45, 7) is 6.51. The Morgan fingerprint density at radius 1 is 0.857 bits per heavy atom. The van der Waals surface area contributed by atoms with Crippen LogP contribution < -0.4 is 0 Å². The number of nitrogens with zero attached hydrogens (tertiary/aromatic N) is 1. The molecule has 2 aromatic rings. The third-order valence-corrected chi connectivity index (χ3v) is 4.31. The highest BCUT2D eigenvalue weighted by Gasteiger charge is 2.34. The van der Waals surface area contributed by atoms with Crippen LogP contribution in [-0.2, 0) is 5.41 Å². The second kappa shape index (κ2) is 10.4. The third-order valence-electron chi connectivity index (χ3n) is 3.79. The minimum Gasteiger partial charge on any atom is -0.302 e. The van der Waals surface area contributed by atoms with Crippen LogP contribution in [0.25, 0.3) is 0 Å². The molecule has 2 aromatic carbocycles. The number of carbonyl (C=O) groups is 2. The summed E-state index contributed by atoms with van der Waals surface area (Å²) >= 11 is 16.9. The van der Waals surface area contributed by atoms with E-state index in [-0.39, 0.29) is 11.2 Å². The van der Waals surface area contributed by atoms with E-state index in [1.54, 1.807) is 12.1 Å². The number of likely N-dealkylation sites (N-methyl/N-ethyl adjacent to an activating group) is 1. The van der Waals surface area contributed by atoms with Crippen LogP contribution in [0.2, 0.25) is 0 Å². The van der Waals surface area contributed by atoms with E-state index in [4.69, 9.17) is 34.8 Å². The van der Waals surface area contributed by atoms with E-state index in [0.717, 1.165) is 11.1 Å².